The second-order valence-corrected chi connectivity index (χ2v) is 5.62. The summed E-state index contributed by atoms with van der Waals surface area (Å²) in [5.74, 6) is 0.499. The summed E-state index contributed by atoms with van der Waals surface area (Å²) in [7, 11) is 1.92. The predicted molar refractivity (Wildman–Crippen MR) is 84.3 cm³/mol. The van der Waals surface area contributed by atoms with Gasteiger partial charge in [-0.2, -0.15) is 5.10 Å². The Bertz CT molecular complexity index is 739. The predicted octanol–water partition coefficient (Wildman–Crippen LogP) is 2.51. The minimum Gasteiger partial charge on any atom is -0.369 e. The summed E-state index contributed by atoms with van der Waals surface area (Å²) in [6.45, 7) is 2.07. The van der Waals surface area contributed by atoms with Crippen LogP contribution in [0.25, 0.3) is 16.9 Å². The van der Waals surface area contributed by atoms with Gasteiger partial charge in [-0.05, 0) is 53.3 Å². The van der Waals surface area contributed by atoms with E-state index in [0.717, 1.165) is 29.0 Å². The Labute approximate surface area is 124 Å². The van der Waals surface area contributed by atoms with Gasteiger partial charge in [-0.3, -0.25) is 4.57 Å². The second-order valence-electron chi connectivity index (χ2n) is 4.38. The number of imidazole rings is 1. The van der Waals surface area contributed by atoms with Crippen LogP contribution in [0.2, 0.25) is 0 Å². The zero-order valence-corrected chi connectivity index (χ0v) is 12.9. The molecule has 0 bridgehead atoms. The van der Waals surface area contributed by atoms with Gasteiger partial charge in [0.25, 0.3) is 0 Å². The summed E-state index contributed by atoms with van der Waals surface area (Å²) in [5.41, 5.74) is 9.89. The third-order valence-corrected chi connectivity index (χ3v) is 3.87. The zero-order chi connectivity index (χ0) is 13.6. The number of anilines is 1. The van der Waals surface area contributed by atoms with Gasteiger partial charge >= 0.3 is 0 Å². The number of aromatic nitrogens is 4. The molecule has 98 valence electrons. The molecular weight excluding hydrogens is 353 g/mol. The summed E-state index contributed by atoms with van der Waals surface area (Å²) >= 11 is 2.28. The van der Waals surface area contributed by atoms with Crippen molar-refractivity contribution >= 4 is 39.7 Å². The molecule has 0 aliphatic rings. The molecule has 0 unspecified atom stereocenters. The fourth-order valence-corrected chi connectivity index (χ4v) is 2.64. The minimum atomic E-state index is 0.499. The molecule has 0 saturated heterocycles. The van der Waals surface area contributed by atoms with Crippen LogP contribution in [0.4, 0.5) is 5.95 Å². The first-order valence-corrected chi connectivity index (χ1v) is 7.15. The van der Waals surface area contributed by atoms with Crippen LogP contribution in [-0.2, 0) is 13.5 Å². The van der Waals surface area contributed by atoms with Crippen molar-refractivity contribution < 1.29 is 0 Å². The third-order valence-electron chi connectivity index (χ3n) is 3.15. The van der Waals surface area contributed by atoms with Crippen molar-refractivity contribution in [2.45, 2.75) is 13.3 Å². The fraction of sp³-hybridized carbons (Fsp3) is 0.231. The normalized spacial score (nSPS) is 11.3. The lowest BCUT2D eigenvalue weighted by Crippen LogP contribution is -2.04. The summed E-state index contributed by atoms with van der Waals surface area (Å²) < 4.78 is 4.98. The maximum Gasteiger partial charge on any atom is 0.207 e. The maximum absolute atomic E-state index is 6.07. The molecule has 2 heterocycles. The highest BCUT2D eigenvalue weighted by atomic mass is 127. The van der Waals surface area contributed by atoms with Crippen LogP contribution in [0.1, 0.15) is 12.6 Å². The van der Waals surface area contributed by atoms with Gasteiger partial charge < -0.3 is 5.73 Å². The van der Waals surface area contributed by atoms with Crippen molar-refractivity contribution in [2.24, 2.45) is 7.05 Å². The number of hydrogen-bond donors (Lipinski definition) is 1. The number of nitrogen functional groups attached to an aromatic ring is 1. The molecule has 2 N–H and O–H groups in total. The Morgan fingerprint density at radius 2 is 1.95 bits per heavy atom. The molecule has 0 spiro atoms. The van der Waals surface area contributed by atoms with E-state index < -0.39 is 0 Å². The second kappa shape index (κ2) is 4.52. The average Bonchev–Trinajstić information content (AvgIpc) is 2.88. The molecule has 1 aromatic carbocycles. The van der Waals surface area contributed by atoms with Crippen molar-refractivity contribution in [2.75, 3.05) is 5.73 Å². The van der Waals surface area contributed by atoms with Gasteiger partial charge in [0.1, 0.15) is 5.52 Å². The molecule has 0 aliphatic carbocycles. The highest BCUT2D eigenvalue weighted by molar-refractivity contribution is 14.1. The lowest BCUT2D eigenvalue weighted by Gasteiger charge is -2.06. The SMILES string of the molecule is CCc1nn(C)c2c1nc(N)n2-c1ccc(I)cc1. The van der Waals surface area contributed by atoms with E-state index in [4.69, 9.17) is 5.73 Å². The van der Waals surface area contributed by atoms with E-state index in [-0.39, 0.29) is 0 Å². The van der Waals surface area contributed by atoms with Gasteiger partial charge in [0, 0.05) is 10.6 Å². The van der Waals surface area contributed by atoms with Crippen molar-refractivity contribution in [3.8, 4) is 5.69 Å². The van der Waals surface area contributed by atoms with Crippen molar-refractivity contribution in [3.05, 3.63) is 33.5 Å². The molecule has 0 radical (unpaired) electrons. The number of hydrogen-bond acceptors (Lipinski definition) is 3. The number of nitrogens with two attached hydrogens (primary N) is 1. The first-order valence-electron chi connectivity index (χ1n) is 6.07. The molecule has 3 aromatic rings. The smallest absolute Gasteiger partial charge is 0.207 e. The van der Waals surface area contributed by atoms with Gasteiger partial charge in [0.05, 0.1) is 11.4 Å². The van der Waals surface area contributed by atoms with Gasteiger partial charge in [0.2, 0.25) is 5.95 Å². The number of halogens is 1. The molecule has 5 nitrogen and oxygen atoms in total. The van der Waals surface area contributed by atoms with Crippen molar-refractivity contribution in [1.82, 2.24) is 19.3 Å². The maximum atomic E-state index is 6.07. The fourth-order valence-electron chi connectivity index (χ4n) is 2.28. The molecule has 0 amide bonds. The summed E-state index contributed by atoms with van der Waals surface area (Å²) in [6.07, 6.45) is 0.848. The molecule has 0 atom stereocenters. The first-order chi connectivity index (χ1) is 9.11. The molecule has 3 rings (SSSR count). The van der Waals surface area contributed by atoms with E-state index in [1.807, 2.05) is 28.4 Å². The van der Waals surface area contributed by atoms with Crippen LogP contribution in [0, 0.1) is 3.57 Å². The van der Waals surface area contributed by atoms with E-state index in [9.17, 15) is 0 Å². The van der Waals surface area contributed by atoms with Gasteiger partial charge in [-0.1, -0.05) is 6.92 Å². The third kappa shape index (κ3) is 1.90. The molecule has 0 aliphatic heterocycles. The molecular formula is C13H14IN5. The number of aryl methyl sites for hydroxylation is 2. The summed E-state index contributed by atoms with van der Waals surface area (Å²) in [5, 5.41) is 4.49. The van der Waals surface area contributed by atoms with E-state index in [1.165, 1.54) is 3.57 Å². The van der Waals surface area contributed by atoms with E-state index in [2.05, 4.69) is 51.7 Å². The molecule has 6 heteroatoms. The van der Waals surface area contributed by atoms with Gasteiger partial charge in [-0.25, -0.2) is 9.67 Å². The Kier molecular flexibility index (Phi) is 2.96. The van der Waals surface area contributed by atoms with E-state index >= 15 is 0 Å². The monoisotopic (exact) mass is 367 g/mol. The molecule has 0 saturated carbocycles. The summed E-state index contributed by atoms with van der Waals surface area (Å²) in [4.78, 5) is 4.46. The van der Waals surface area contributed by atoms with Crippen LogP contribution in [0.5, 0.6) is 0 Å². The molecule has 19 heavy (non-hydrogen) atoms. The summed E-state index contributed by atoms with van der Waals surface area (Å²) in [6, 6.07) is 8.19. The van der Waals surface area contributed by atoms with Crippen LogP contribution in [0.3, 0.4) is 0 Å². The Morgan fingerprint density at radius 1 is 1.26 bits per heavy atom. The van der Waals surface area contributed by atoms with Crippen LogP contribution >= 0.6 is 22.6 Å². The Balaban J connectivity index is 2.31. The van der Waals surface area contributed by atoms with Gasteiger partial charge in [0.15, 0.2) is 5.65 Å². The number of benzene rings is 1. The van der Waals surface area contributed by atoms with E-state index in [0.29, 0.717) is 5.95 Å². The Hall–Kier alpha value is -1.57. The van der Waals surface area contributed by atoms with Crippen LogP contribution in [-0.4, -0.2) is 19.3 Å². The van der Waals surface area contributed by atoms with Crippen LogP contribution in [0.15, 0.2) is 24.3 Å². The van der Waals surface area contributed by atoms with Crippen molar-refractivity contribution in [3.63, 3.8) is 0 Å². The minimum absolute atomic E-state index is 0.499. The van der Waals surface area contributed by atoms with Crippen LogP contribution < -0.4 is 5.73 Å². The Morgan fingerprint density at radius 3 is 2.58 bits per heavy atom. The highest BCUT2D eigenvalue weighted by Gasteiger charge is 2.17. The standard InChI is InChI=1S/C13H14IN5/c1-3-10-11-12(18(2)17-10)19(13(15)16-11)9-6-4-8(14)5-7-9/h4-7H,3H2,1-2H3,(H2,15,16). The topological polar surface area (TPSA) is 61.7 Å². The lowest BCUT2D eigenvalue weighted by molar-refractivity contribution is 0.751. The first kappa shape index (κ1) is 12.5. The largest absolute Gasteiger partial charge is 0.369 e. The highest BCUT2D eigenvalue weighted by Crippen LogP contribution is 2.25. The number of fused-ring (bicyclic) bond motifs is 1. The molecule has 2 aromatic heterocycles. The van der Waals surface area contributed by atoms with Crippen molar-refractivity contribution in [1.29, 1.82) is 0 Å². The number of rotatable bonds is 2. The molecule has 0 fully saturated rings. The van der Waals surface area contributed by atoms with Gasteiger partial charge in [-0.15, -0.1) is 0 Å². The quantitative estimate of drug-likeness (QED) is 0.708. The number of nitrogens with zero attached hydrogens (tertiary/aromatic N) is 4. The zero-order valence-electron chi connectivity index (χ0n) is 10.8. The van der Waals surface area contributed by atoms with E-state index in [1.54, 1.807) is 0 Å². The average molecular weight is 367 g/mol. The lowest BCUT2D eigenvalue weighted by atomic mass is 10.3.